The highest BCUT2D eigenvalue weighted by molar-refractivity contribution is 6.08. The van der Waals surface area contributed by atoms with Gasteiger partial charge >= 0.3 is 0 Å². The zero-order valence-corrected chi connectivity index (χ0v) is 17.0. The molecule has 1 heterocycles. The highest BCUT2D eigenvalue weighted by atomic mass is 16.1. The van der Waals surface area contributed by atoms with Crippen LogP contribution in [0.5, 0.6) is 0 Å². The molecule has 0 spiro atoms. The third-order valence-electron chi connectivity index (χ3n) is 5.51. The van der Waals surface area contributed by atoms with E-state index in [0.29, 0.717) is 6.54 Å². The topological polar surface area (TPSA) is 53.5 Å². The van der Waals surface area contributed by atoms with E-state index >= 15 is 0 Å². The molecule has 4 heteroatoms. The molecule has 1 amide bonds. The number of anilines is 1. The van der Waals surface area contributed by atoms with E-state index in [9.17, 15) is 4.79 Å². The van der Waals surface area contributed by atoms with Crippen molar-refractivity contribution in [2.24, 2.45) is 10.9 Å². The van der Waals surface area contributed by atoms with Crippen molar-refractivity contribution in [3.8, 4) is 0 Å². The first-order valence-electron chi connectivity index (χ1n) is 10.6. The third-order valence-corrected chi connectivity index (χ3v) is 5.51. The van der Waals surface area contributed by atoms with Crippen molar-refractivity contribution in [2.45, 2.75) is 18.8 Å². The number of carbonyl (C=O) groups excluding carboxylic acids is 1. The lowest BCUT2D eigenvalue weighted by atomic mass is 9.90. The summed E-state index contributed by atoms with van der Waals surface area (Å²) in [7, 11) is 0. The van der Waals surface area contributed by atoms with Crippen LogP contribution in [0.1, 0.15) is 29.9 Å². The quantitative estimate of drug-likeness (QED) is 0.624. The van der Waals surface area contributed by atoms with Gasteiger partial charge in [0, 0.05) is 24.7 Å². The van der Waals surface area contributed by atoms with Crippen LogP contribution in [0.15, 0.2) is 96.0 Å². The van der Waals surface area contributed by atoms with Crippen molar-refractivity contribution in [1.29, 1.82) is 0 Å². The molecule has 3 aromatic rings. The smallest absolute Gasteiger partial charge is 0.235 e. The molecule has 152 valence electrons. The Morgan fingerprint density at radius 2 is 1.43 bits per heavy atom. The van der Waals surface area contributed by atoms with Crippen LogP contribution in [0.25, 0.3) is 0 Å². The van der Waals surface area contributed by atoms with Crippen molar-refractivity contribution in [1.82, 2.24) is 5.32 Å². The number of hydrogen-bond donors (Lipinski definition) is 2. The van der Waals surface area contributed by atoms with Gasteiger partial charge in [-0.2, -0.15) is 0 Å². The standard InChI is InChI=1S/C26H27N3O/c30-26(29-22-15-8-3-9-16-22)23-17-10-18-27-25(23)28-19-24(20-11-4-1-5-12-20)21-13-6-2-7-14-21/h1-9,11-16,23-24H,10,17-19H2,(H,27,28)(H,29,30). The summed E-state index contributed by atoms with van der Waals surface area (Å²) >= 11 is 0. The molecule has 0 radical (unpaired) electrons. The number of carbonyl (C=O) groups is 1. The molecule has 0 aromatic heterocycles. The second kappa shape index (κ2) is 9.88. The van der Waals surface area contributed by atoms with E-state index in [1.807, 2.05) is 42.5 Å². The van der Waals surface area contributed by atoms with Gasteiger partial charge in [0.2, 0.25) is 5.91 Å². The summed E-state index contributed by atoms with van der Waals surface area (Å²) in [6, 6.07) is 30.6. The van der Waals surface area contributed by atoms with Gasteiger partial charge in [0.1, 0.15) is 5.84 Å². The molecule has 3 aromatic carbocycles. The Labute approximate surface area is 178 Å². The van der Waals surface area contributed by atoms with Crippen molar-refractivity contribution >= 4 is 17.4 Å². The van der Waals surface area contributed by atoms with E-state index in [4.69, 9.17) is 0 Å². The van der Waals surface area contributed by atoms with Crippen molar-refractivity contribution in [2.75, 3.05) is 18.4 Å². The Kier molecular flexibility index (Phi) is 6.55. The first-order chi connectivity index (χ1) is 14.8. The van der Waals surface area contributed by atoms with Crippen LogP contribution in [-0.4, -0.2) is 24.8 Å². The molecule has 30 heavy (non-hydrogen) atoms. The molecule has 1 unspecified atom stereocenters. The molecule has 0 aliphatic carbocycles. The summed E-state index contributed by atoms with van der Waals surface area (Å²) < 4.78 is 0. The normalized spacial score (nSPS) is 16.0. The van der Waals surface area contributed by atoms with Gasteiger partial charge in [-0.05, 0) is 36.1 Å². The number of amides is 1. The lowest BCUT2D eigenvalue weighted by molar-refractivity contribution is -0.118. The SMILES string of the molecule is O=C(Nc1ccccc1)C1CCCN=C1NCC(c1ccccc1)c1ccccc1. The van der Waals surface area contributed by atoms with E-state index < -0.39 is 0 Å². The zero-order valence-electron chi connectivity index (χ0n) is 17.0. The fourth-order valence-electron chi connectivity index (χ4n) is 3.93. The van der Waals surface area contributed by atoms with Crippen LogP contribution in [0.4, 0.5) is 5.69 Å². The molecule has 0 fully saturated rings. The minimum atomic E-state index is -0.244. The van der Waals surface area contributed by atoms with Crippen LogP contribution in [0.3, 0.4) is 0 Å². The number of para-hydroxylation sites is 1. The van der Waals surface area contributed by atoms with E-state index in [1.54, 1.807) is 0 Å². The van der Waals surface area contributed by atoms with Crippen LogP contribution in [-0.2, 0) is 4.79 Å². The van der Waals surface area contributed by atoms with E-state index in [-0.39, 0.29) is 17.7 Å². The number of amidine groups is 1. The minimum absolute atomic E-state index is 0.00289. The maximum absolute atomic E-state index is 12.9. The van der Waals surface area contributed by atoms with Crippen LogP contribution in [0, 0.1) is 5.92 Å². The molecular formula is C26H27N3O. The molecule has 0 bridgehead atoms. The summed E-state index contributed by atoms with van der Waals surface area (Å²) in [5.74, 6) is 0.746. The van der Waals surface area contributed by atoms with Gasteiger partial charge in [0.25, 0.3) is 0 Å². The number of nitrogens with one attached hydrogen (secondary N) is 2. The monoisotopic (exact) mass is 397 g/mol. The van der Waals surface area contributed by atoms with Crippen molar-refractivity contribution < 1.29 is 4.79 Å². The summed E-state index contributed by atoms with van der Waals surface area (Å²) in [5, 5.41) is 6.56. The molecule has 1 aliphatic rings. The summed E-state index contributed by atoms with van der Waals surface area (Å²) in [6.07, 6.45) is 1.74. The first kappa shape index (κ1) is 19.9. The van der Waals surface area contributed by atoms with Gasteiger partial charge in [-0.25, -0.2) is 0 Å². The second-order valence-electron chi connectivity index (χ2n) is 7.57. The minimum Gasteiger partial charge on any atom is -0.372 e. The molecule has 2 N–H and O–H groups in total. The Balaban J connectivity index is 1.49. The zero-order chi connectivity index (χ0) is 20.6. The highest BCUT2D eigenvalue weighted by Gasteiger charge is 2.27. The summed E-state index contributed by atoms with van der Waals surface area (Å²) in [6.45, 7) is 1.46. The lowest BCUT2D eigenvalue weighted by Gasteiger charge is -2.26. The second-order valence-corrected chi connectivity index (χ2v) is 7.57. The Morgan fingerprint density at radius 3 is 2.03 bits per heavy atom. The van der Waals surface area contributed by atoms with Gasteiger partial charge < -0.3 is 10.6 Å². The van der Waals surface area contributed by atoms with Crippen LogP contribution in [0.2, 0.25) is 0 Å². The number of nitrogens with zero attached hydrogens (tertiary/aromatic N) is 1. The fourth-order valence-corrected chi connectivity index (χ4v) is 3.93. The van der Waals surface area contributed by atoms with Gasteiger partial charge in [0.05, 0.1) is 5.92 Å². The van der Waals surface area contributed by atoms with E-state index in [1.165, 1.54) is 11.1 Å². The maximum atomic E-state index is 12.9. The van der Waals surface area contributed by atoms with E-state index in [2.05, 4.69) is 64.2 Å². The number of hydrogen-bond acceptors (Lipinski definition) is 3. The average Bonchev–Trinajstić information content (AvgIpc) is 2.81. The molecule has 1 aliphatic heterocycles. The van der Waals surface area contributed by atoms with Crippen molar-refractivity contribution in [3.05, 3.63) is 102 Å². The van der Waals surface area contributed by atoms with Gasteiger partial charge in [-0.1, -0.05) is 78.9 Å². The Hall–Kier alpha value is -3.40. The molecule has 4 nitrogen and oxygen atoms in total. The highest BCUT2D eigenvalue weighted by Crippen LogP contribution is 2.24. The van der Waals surface area contributed by atoms with Crippen LogP contribution < -0.4 is 10.6 Å². The predicted octanol–water partition coefficient (Wildman–Crippen LogP) is 4.86. The van der Waals surface area contributed by atoms with Gasteiger partial charge in [-0.15, -0.1) is 0 Å². The predicted molar refractivity (Wildman–Crippen MR) is 123 cm³/mol. The average molecular weight is 398 g/mol. The molecular weight excluding hydrogens is 370 g/mol. The maximum Gasteiger partial charge on any atom is 0.235 e. The Morgan fingerprint density at radius 1 is 0.867 bits per heavy atom. The first-order valence-corrected chi connectivity index (χ1v) is 10.6. The summed E-state index contributed by atoms with van der Waals surface area (Å²) in [4.78, 5) is 17.6. The van der Waals surface area contributed by atoms with Crippen LogP contribution >= 0.6 is 0 Å². The largest absolute Gasteiger partial charge is 0.372 e. The Bertz CT molecular complexity index is 931. The van der Waals surface area contributed by atoms with Gasteiger partial charge in [-0.3, -0.25) is 9.79 Å². The fraction of sp³-hybridized carbons (Fsp3) is 0.231. The summed E-state index contributed by atoms with van der Waals surface area (Å²) in [5.41, 5.74) is 3.31. The molecule has 1 atom stereocenters. The molecule has 0 saturated heterocycles. The van der Waals surface area contributed by atoms with Crippen molar-refractivity contribution in [3.63, 3.8) is 0 Å². The van der Waals surface area contributed by atoms with Gasteiger partial charge in [0.15, 0.2) is 0 Å². The third kappa shape index (κ3) is 4.95. The lowest BCUT2D eigenvalue weighted by Crippen LogP contribution is -2.42. The number of rotatable bonds is 6. The molecule has 0 saturated carbocycles. The number of aliphatic imine (C=N–C) groups is 1. The number of benzene rings is 3. The molecule has 4 rings (SSSR count). The van der Waals surface area contributed by atoms with E-state index in [0.717, 1.165) is 30.9 Å².